The Morgan fingerprint density at radius 1 is 0.952 bits per heavy atom. The van der Waals surface area contributed by atoms with Crippen LogP contribution in [0.3, 0.4) is 0 Å². The van der Waals surface area contributed by atoms with Gasteiger partial charge in [0.1, 0.15) is 23.9 Å². The van der Waals surface area contributed by atoms with Crippen LogP contribution in [0.4, 0.5) is 10.1 Å². The summed E-state index contributed by atoms with van der Waals surface area (Å²) in [6, 6.07) is 20.8. The van der Waals surface area contributed by atoms with Crippen LogP contribution in [-0.2, 0) is 4.79 Å². The number of carbonyl (C=O) groups is 1. The van der Waals surface area contributed by atoms with Crippen molar-refractivity contribution in [2.45, 2.75) is 13.3 Å². The number of likely N-dealkylation sites (N-methyl/N-ethyl adjacent to an activating group) is 1. The summed E-state index contributed by atoms with van der Waals surface area (Å²) in [7, 11) is 3.94. The van der Waals surface area contributed by atoms with E-state index < -0.39 is 0 Å². The Hall–Kier alpha value is -5.02. The summed E-state index contributed by atoms with van der Waals surface area (Å²) in [4.78, 5) is 21.7. The van der Waals surface area contributed by atoms with Crippen LogP contribution in [0.2, 0.25) is 0 Å². The molecule has 0 aliphatic rings. The molecule has 0 bridgehead atoms. The number of nitrogens with zero attached hydrogens (tertiary/aromatic N) is 3. The predicted molar refractivity (Wildman–Crippen MR) is 165 cm³/mol. The Morgan fingerprint density at radius 3 is 2.67 bits per heavy atom. The molecule has 8 nitrogen and oxygen atoms in total. The monoisotopic (exact) mass is 562 g/mol. The van der Waals surface area contributed by atoms with Gasteiger partial charge in [-0.2, -0.15) is 5.10 Å². The molecule has 0 aliphatic heterocycles. The second-order valence-corrected chi connectivity index (χ2v) is 10.5. The maximum atomic E-state index is 14.6. The van der Waals surface area contributed by atoms with Gasteiger partial charge in [0, 0.05) is 47.1 Å². The third kappa shape index (κ3) is 5.59. The molecule has 0 radical (unpaired) electrons. The number of pyridine rings is 1. The molecule has 0 saturated heterocycles. The minimum Gasteiger partial charge on any atom is -0.492 e. The molecule has 6 aromatic rings. The summed E-state index contributed by atoms with van der Waals surface area (Å²) >= 11 is 0. The standard InChI is InChI=1S/C33H31FN6O2/c1-4-32(41)36-24-13-22(18-35-19-24)20-8-9-30-28(15-20)33(39-38-30)31-17-27-26(6-5-7-29(27)37-31)21-12-23(34)16-25(14-21)42-11-10-40(2)3/h5-9,12-19,37H,4,10-11H2,1-3H3,(H,36,41)(H,38,39). The third-order valence-electron chi connectivity index (χ3n) is 7.15. The molecule has 0 atom stereocenters. The van der Waals surface area contributed by atoms with Gasteiger partial charge in [0.15, 0.2) is 0 Å². The minimum atomic E-state index is -0.348. The number of H-pyrrole nitrogens is 2. The number of ether oxygens (including phenoxy) is 1. The van der Waals surface area contributed by atoms with Crippen LogP contribution in [0.5, 0.6) is 5.75 Å². The molecule has 0 fully saturated rings. The molecule has 3 N–H and O–H groups in total. The Morgan fingerprint density at radius 2 is 1.83 bits per heavy atom. The van der Waals surface area contributed by atoms with Crippen molar-refractivity contribution in [1.29, 1.82) is 0 Å². The number of benzene rings is 3. The van der Waals surface area contributed by atoms with E-state index in [0.717, 1.165) is 62.0 Å². The van der Waals surface area contributed by atoms with Gasteiger partial charge in [-0.25, -0.2) is 4.39 Å². The summed E-state index contributed by atoms with van der Waals surface area (Å²) in [5, 5.41) is 12.5. The number of fused-ring (bicyclic) bond motifs is 2. The topological polar surface area (TPSA) is 98.9 Å². The molecule has 0 aliphatic carbocycles. The van der Waals surface area contributed by atoms with Crippen molar-refractivity contribution in [3.8, 4) is 39.4 Å². The molecule has 42 heavy (non-hydrogen) atoms. The van der Waals surface area contributed by atoms with Crippen molar-refractivity contribution < 1.29 is 13.9 Å². The van der Waals surface area contributed by atoms with Gasteiger partial charge >= 0.3 is 0 Å². The summed E-state index contributed by atoms with van der Waals surface area (Å²) in [5.41, 5.74) is 7.52. The number of rotatable bonds is 9. The SMILES string of the molecule is CCC(=O)Nc1cncc(-c2ccc3[nH]nc(-c4cc5c(-c6cc(F)cc(OCCN(C)C)c6)cccc5[nH]4)c3c2)c1. The quantitative estimate of drug-likeness (QED) is 0.179. The van der Waals surface area contributed by atoms with Crippen molar-refractivity contribution in [2.75, 3.05) is 32.6 Å². The number of aromatic nitrogens is 4. The normalized spacial score (nSPS) is 11.5. The smallest absolute Gasteiger partial charge is 0.224 e. The number of aromatic amines is 2. The average molecular weight is 563 g/mol. The second-order valence-electron chi connectivity index (χ2n) is 10.5. The molecule has 0 spiro atoms. The highest BCUT2D eigenvalue weighted by molar-refractivity contribution is 6.02. The lowest BCUT2D eigenvalue weighted by Crippen LogP contribution is -2.19. The molecule has 1 amide bonds. The average Bonchev–Trinajstić information content (AvgIpc) is 3.60. The lowest BCUT2D eigenvalue weighted by molar-refractivity contribution is -0.115. The molecule has 9 heteroatoms. The van der Waals surface area contributed by atoms with Gasteiger partial charge in [0.2, 0.25) is 5.91 Å². The summed E-state index contributed by atoms with van der Waals surface area (Å²) in [6.45, 7) is 3.01. The van der Waals surface area contributed by atoms with Crippen LogP contribution in [0.15, 0.2) is 79.1 Å². The summed E-state index contributed by atoms with van der Waals surface area (Å²) < 4.78 is 20.5. The van der Waals surface area contributed by atoms with Gasteiger partial charge < -0.3 is 19.9 Å². The van der Waals surface area contributed by atoms with Gasteiger partial charge in [-0.15, -0.1) is 0 Å². The highest BCUT2D eigenvalue weighted by atomic mass is 19.1. The third-order valence-corrected chi connectivity index (χ3v) is 7.15. The summed E-state index contributed by atoms with van der Waals surface area (Å²) in [5.74, 6) is 0.0861. The first-order chi connectivity index (χ1) is 20.4. The van der Waals surface area contributed by atoms with Crippen molar-refractivity contribution in [2.24, 2.45) is 0 Å². The maximum absolute atomic E-state index is 14.6. The van der Waals surface area contributed by atoms with Crippen molar-refractivity contribution in [3.05, 3.63) is 84.9 Å². The summed E-state index contributed by atoms with van der Waals surface area (Å²) in [6.07, 6.45) is 3.80. The van der Waals surface area contributed by atoms with Crippen LogP contribution in [0.25, 0.3) is 55.4 Å². The van der Waals surface area contributed by atoms with Crippen molar-refractivity contribution in [3.63, 3.8) is 0 Å². The molecular weight excluding hydrogens is 531 g/mol. The van der Waals surface area contributed by atoms with E-state index in [-0.39, 0.29) is 11.7 Å². The van der Waals surface area contributed by atoms with Gasteiger partial charge in [-0.1, -0.05) is 25.1 Å². The number of hydrogen-bond acceptors (Lipinski definition) is 5. The van der Waals surface area contributed by atoms with Crippen LogP contribution in [0.1, 0.15) is 13.3 Å². The lowest BCUT2D eigenvalue weighted by atomic mass is 10.0. The Labute approximate surface area is 242 Å². The second kappa shape index (κ2) is 11.5. The minimum absolute atomic E-state index is 0.0639. The number of amides is 1. The molecule has 0 saturated carbocycles. The number of halogens is 1. The molecule has 3 aromatic carbocycles. The highest BCUT2D eigenvalue weighted by Gasteiger charge is 2.16. The fraction of sp³-hybridized carbons (Fsp3) is 0.182. The predicted octanol–water partition coefficient (Wildman–Crippen LogP) is 6.87. The van der Waals surface area contributed by atoms with Crippen LogP contribution in [-0.4, -0.2) is 58.2 Å². The zero-order chi connectivity index (χ0) is 29.2. The van der Waals surface area contributed by atoms with Gasteiger partial charge in [-0.05, 0) is 73.3 Å². The van der Waals surface area contributed by atoms with E-state index in [9.17, 15) is 9.18 Å². The van der Waals surface area contributed by atoms with E-state index in [0.29, 0.717) is 24.5 Å². The van der Waals surface area contributed by atoms with Crippen LogP contribution >= 0.6 is 0 Å². The first-order valence-electron chi connectivity index (χ1n) is 13.8. The number of hydrogen-bond donors (Lipinski definition) is 3. The molecule has 212 valence electrons. The van der Waals surface area contributed by atoms with Crippen LogP contribution in [0, 0.1) is 5.82 Å². The van der Waals surface area contributed by atoms with Gasteiger partial charge in [0.05, 0.1) is 23.1 Å². The maximum Gasteiger partial charge on any atom is 0.224 e. The molecule has 3 heterocycles. The first kappa shape index (κ1) is 27.2. The molecule has 3 aromatic heterocycles. The Kier molecular flexibility index (Phi) is 7.41. The Balaban J connectivity index is 1.36. The fourth-order valence-corrected chi connectivity index (χ4v) is 5.00. The van der Waals surface area contributed by atoms with Crippen molar-refractivity contribution in [1.82, 2.24) is 25.1 Å². The molecular formula is C33H31FN6O2. The molecule has 0 unspecified atom stereocenters. The van der Waals surface area contributed by atoms with Crippen LogP contribution < -0.4 is 10.1 Å². The van der Waals surface area contributed by atoms with Gasteiger partial charge in [-0.3, -0.25) is 14.9 Å². The Bertz CT molecular complexity index is 1910. The van der Waals surface area contributed by atoms with E-state index in [1.807, 2.05) is 74.4 Å². The van der Waals surface area contributed by atoms with Crippen molar-refractivity contribution >= 4 is 33.4 Å². The van der Waals surface area contributed by atoms with E-state index >= 15 is 0 Å². The largest absolute Gasteiger partial charge is 0.492 e. The number of nitrogens with one attached hydrogen (secondary N) is 3. The van der Waals surface area contributed by atoms with E-state index in [4.69, 9.17) is 4.74 Å². The van der Waals surface area contributed by atoms with E-state index in [1.165, 1.54) is 12.1 Å². The number of carbonyl (C=O) groups excluding carboxylic acids is 1. The zero-order valence-corrected chi connectivity index (χ0v) is 23.7. The van der Waals surface area contributed by atoms with Gasteiger partial charge in [0.25, 0.3) is 0 Å². The zero-order valence-electron chi connectivity index (χ0n) is 23.7. The lowest BCUT2D eigenvalue weighted by Gasteiger charge is -2.12. The van der Waals surface area contributed by atoms with E-state index in [2.05, 4.69) is 31.5 Å². The fourth-order valence-electron chi connectivity index (χ4n) is 5.00. The highest BCUT2D eigenvalue weighted by Crippen LogP contribution is 2.36. The number of anilines is 1. The van der Waals surface area contributed by atoms with E-state index in [1.54, 1.807) is 12.4 Å². The molecule has 6 rings (SSSR count). The first-order valence-corrected chi connectivity index (χ1v) is 13.8.